The highest BCUT2D eigenvalue weighted by Gasteiger charge is 2.46. The van der Waals surface area contributed by atoms with E-state index in [0.29, 0.717) is 31.7 Å². The molecule has 9 heteroatoms. The number of rotatable bonds is 5. The Hall–Kier alpha value is -3.36. The number of carbonyl (C=O) groups excluding carboxylic acids is 2. The van der Waals surface area contributed by atoms with Gasteiger partial charge in [0.05, 0.1) is 6.61 Å². The van der Waals surface area contributed by atoms with Crippen LogP contribution in [0.15, 0.2) is 42.5 Å². The molecule has 1 heterocycles. The summed E-state index contributed by atoms with van der Waals surface area (Å²) in [6.45, 7) is 8.50. The van der Waals surface area contributed by atoms with Crippen molar-refractivity contribution in [2.24, 2.45) is 0 Å². The normalized spacial score (nSPS) is 18.3. The zero-order valence-corrected chi connectivity index (χ0v) is 18.9. The number of hydrogen-bond donors (Lipinski definition) is 2. The number of piperidine rings is 1. The van der Waals surface area contributed by atoms with Crippen LogP contribution in [0.25, 0.3) is 0 Å². The molecule has 1 fully saturated rings. The average Bonchev–Trinajstić information content (AvgIpc) is 2.72. The molecule has 0 spiro atoms. The van der Waals surface area contributed by atoms with Crippen LogP contribution in [0.3, 0.4) is 0 Å². The molecule has 0 aliphatic carbocycles. The van der Waals surface area contributed by atoms with Gasteiger partial charge in [-0.25, -0.2) is 14.4 Å². The van der Waals surface area contributed by atoms with E-state index in [0.717, 1.165) is 12.0 Å². The number of esters is 1. The van der Waals surface area contributed by atoms with E-state index in [9.17, 15) is 19.2 Å². The van der Waals surface area contributed by atoms with E-state index in [4.69, 9.17) is 19.7 Å². The van der Waals surface area contributed by atoms with Crippen LogP contribution in [0, 0.1) is 0 Å². The van der Waals surface area contributed by atoms with Crippen LogP contribution in [-0.2, 0) is 29.3 Å². The Balaban J connectivity index is 0.000000547. The first-order valence-corrected chi connectivity index (χ1v) is 10.3. The average molecular weight is 450 g/mol. The molecule has 1 amide bonds. The second kappa shape index (κ2) is 11.9. The van der Waals surface area contributed by atoms with E-state index in [1.54, 1.807) is 11.8 Å². The van der Waals surface area contributed by atoms with Crippen molar-refractivity contribution in [2.75, 3.05) is 19.7 Å². The summed E-state index contributed by atoms with van der Waals surface area (Å²) in [6.07, 6.45) is 2.12. The fourth-order valence-corrected chi connectivity index (χ4v) is 3.23. The van der Waals surface area contributed by atoms with Gasteiger partial charge < -0.3 is 24.6 Å². The maximum absolute atomic E-state index is 12.8. The number of amides is 1. The highest BCUT2D eigenvalue weighted by molar-refractivity contribution is 5.89. The van der Waals surface area contributed by atoms with Crippen molar-refractivity contribution < 1.29 is 38.9 Å². The summed E-state index contributed by atoms with van der Waals surface area (Å²) in [5.74, 6) is -2.79. The zero-order chi connectivity index (χ0) is 24.4. The number of carboxylic acid groups (broad SMARTS) is 2. The van der Waals surface area contributed by atoms with Crippen molar-refractivity contribution in [3.05, 3.63) is 48.0 Å². The predicted molar refractivity (Wildman–Crippen MR) is 116 cm³/mol. The largest absolute Gasteiger partial charge is 0.478 e. The number of benzene rings is 1. The predicted octanol–water partition coefficient (Wildman–Crippen LogP) is 3.23. The van der Waals surface area contributed by atoms with Gasteiger partial charge in [-0.3, -0.25) is 4.79 Å². The lowest BCUT2D eigenvalue weighted by atomic mass is 9.74. The van der Waals surface area contributed by atoms with Crippen LogP contribution < -0.4 is 0 Å². The number of carbonyl (C=O) groups is 4. The van der Waals surface area contributed by atoms with Crippen LogP contribution in [0.4, 0.5) is 4.79 Å². The lowest BCUT2D eigenvalue weighted by Crippen LogP contribution is -2.54. The summed E-state index contributed by atoms with van der Waals surface area (Å²) < 4.78 is 10.8. The molecule has 1 aliphatic rings. The van der Waals surface area contributed by atoms with Crippen molar-refractivity contribution in [3.63, 3.8) is 0 Å². The lowest BCUT2D eigenvalue weighted by Gasteiger charge is -2.41. The molecule has 1 saturated heterocycles. The van der Waals surface area contributed by atoms with Gasteiger partial charge in [0.1, 0.15) is 11.0 Å². The summed E-state index contributed by atoms with van der Waals surface area (Å²) in [5, 5.41) is 15.6. The summed E-state index contributed by atoms with van der Waals surface area (Å²) >= 11 is 0. The number of likely N-dealkylation sites (tertiary alicyclic amines) is 1. The summed E-state index contributed by atoms with van der Waals surface area (Å²) in [6, 6.07) is 9.58. The molecule has 0 bridgehead atoms. The molecule has 1 aromatic carbocycles. The second-order valence-electron chi connectivity index (χ2n) is 8.18. The minimum absolute atomic E-state index is 0.274. The van der Waals surface area contributed by atoms with E-state index in [2.05, 4.69) is 0 Å². The van der Waals surface area contributed by atoms with E-state index < -0.39 is 23.0 Å². The maximum atomic E-state index is 12.8. The van der Waals surface area contributed by atoms with E-state index in [1.165, 1.54) is 0 Å². The fourth-order valence-electron chi connectivity index (χ4n) is 3.23. The standard InChI is InChI=1S/C19H27NO4.C4H4O4/c1-5-23-16(21)19(15-10-7-6-8-11-15)12-9-13-20(14-19)17(22)24-18(2,3)4;5-3(6)1-2-4(7)8/h6-8,10-11H,5,9,12-14H2,1-4H3;1-2H,(H,5,6)(H,7,8). The van der Waals surface area contributed by atoms with Gasteiger partial charge in [0.25, 0.3) is 0 Å². The molecule has 176 valence electrons. The third kappa shape index (κ3) is 8.41. The van der Waals surface area contributed by atoms with Gasteiger partial charge in [-0.05, 0) is 46.1 Å². The van der Waals surface area contributed by atoms with Crippen LogP contribution >= 0.6 is 0 Å². The molecule has 2 rings (SSSR count). The smallest absolute Gasteiger partial charge is 0.410 e. The van der Waals surface area contributed by atoms with E-state index >= 15 is 0 Å². The number of hydrogen-bond acceptors (Lipinski definition) is 6. The molecular formula is C23H31NO8. The summed E-state index contributed by atoms with van der Waals surface area (Å²) in [4.78, 5) is 46.0. The molecule has 1 aliphatic heterocycles. The van der Waals surface area contributed by atoms with Crippen molar-refractivity contribution in [1.29, 1.82) is 0 Å². The molecule has 1 aromatic rings. The van der Waals surface area contributed by atoms with Crippen LogP contribution in [0.5, 0.6) is 0 Å². The monoisotopic (exact) mass is 449 g/mol. The zero-order valence-electron chi connectivity index (χ0n) is 18.9. The first kappa shape index (κ1) is 26.7. The highest BCUT2D eigenvalue weighted by atomic mass is 16.6. The van der Waals surface area contributed by atoms with Crippen LogP contribution in [-0.4, -0.2) is 64.4 Å². The summed E-state index contributed by atoms with van der Waals surface area (Å²) in [5.41, 5.74) is -0.503. The molecule has 2 N–H and O–H groups in total. The molecule has 1 atom stereocenters. The van der Waals surface area contributed by atoms with Gasteiger partial charge in [-0.2, -0.15) is 0 Å². The van der Waals surface area contributed by atoms with E-state index in [-0.39, 0.29) is 18.6 Å². The van der Waals surface area contributed by atoms with Gasteiger partial charge in [-0.1, -0.05) is 30.3 Å². The number of carboxylic acids is 2. The van der Waals surface area contributed by atoms with Crippen molar-refractivity contribution >= 4 is 24.0 Å². The molecular weight excluding hydrogens is 418 g/mol. The Bertz CT molecular complexity index is 812. The van der Waals surface area contributed by atoms with Crippen LogP contribution in [0.2, 0.25) is 0 Å². The first-order valence-electron chi connectivity index (χ1n) is 10.3. The van der Waals surface area contributed by atoms with Gasteiger partial charge in [0.15, 0.2) is 0 Å². The third-order valence-corrected chi connectivity index (χ3v) is 4.51. The minimum atomic E-state index is -1.26. The topological polar surface area (TPSA) is 130 Å². The fraction of sp³-hybridized carbons (Fsp3) is 0.478. The van der Waals surface area contributed by atoms with Gasteiger partial charge in [0, 0.05) is 25.2 Å². The third-order valence-electron chi connectivity index (χ3n) is 4.51. The highest BCUT2D eigenvalue weighted by Crippen LogP contribution is 2.36. The Labute approximate surface area is 187 Å². The van der Waals surface area contributed by atoms with Crippen molar-refractivity contribution in [3.8, 4) is 0 Å². The SMILES string of the molecule is CCOC(=O)C1(c2ccccc2)CCCN(C(=O)OC(C)(C)C)C1.O=C(O)C=CC(=O)O. The van der Waals surface area contributed by atoms with Gasteiger partial charge in [-0.15, -0.1) is 0 Å². The van der Waals surface area contributed by atoms with Crippen molar-refractivity contribution in [2.45, 2.75) is 51.6 Å². The van der Waals surface area contributed by atoms with Crippen LogP contribution in [0.1, 0.15) is 46.1 Å². The number of nitrogens with zero attached hydrogens (tertiary/aromatic N) is 1. The molecule has 9 nitrogen and oxygen atoms in total. The Morgan fingerprint density at radius 3 is 2.09 bits per heavy atom. The number of ether oxygens (including phenoxy) is 2. The second-order valence-corrected chi connectivity index (χ2v) is 8.18. The Morgan fingerprint density at radius 1 is 1.06 bits per heavy atom. The molecule has 1 unspecified atom stereocenters. The first-order chi connectivity index (χ1) is 14.9. The molecule has 32 heavy (non-hydrogen) atoms. The maximum Gasteiger partial charge on any atom is 0.410 e. The number of aliphatic carboxylic acids is 2. The Kier molecular flexibility index (Phi) is 9.90. The quantitative estimate of drug-likeness (QED) is 0.517. The van der Waals surface area contributed by atoms with E-state index in [1.807, 2.05) is 51.1 Å². The van der Waals surface area contributed by atoms with Gasteiger partial charge >= 0.3 is 24.0 Å². The van der Waals surface area contributed by atoms with Crippen molar-refractivity contribution in [1.82, 2.24) is 4.90 Å². The molecule has 0 radical (unpaired) electrons. The lowest BCUT2D eigenvalue weighted by molar-refractivity contribution is -0.152. The van der Waals surface area contributed by atoms with Gasteiger partial charge in [0.2, 0.25) is 0 Å². The minimum Gasteiger partial charge on any atom is -0.478 e. The molecule has 0 saturated carbocycles. The molecule has 0 aromatic heterocycles. The Morgan fingerprint density at radius 2 is 1.62 bits per heavy atom. The summed E-state index contributed by atoms with van der Waals surface area (Å²) in [7, 11) is 0.